The molecule has 3 rings (SSSR count). The van der Waals surface area contributed by atoms with Crippen LogP contribution in [0.2, 0.25) is 0 Å². The summed E-state index contributed by atoms with van der Waals surface area (Å²) in [6.07, 6.45) is 4.45. The molecule has 1 aromatic carbocycles. The van der Waals surface area contributed by atoms with Gasteiger partial charge < -0.3 is 9.64 Å². The molecule has 2 aromatic rings. The number of nitrogens with one attached hydrogen (secondary N) is 1. The van der Waals surface area contributed by atoms with Crippen LogP contribution in [-0.4, -0.2) is 52.0 Å². The van der Waals surface area contributed by atoms with Gasteiger partial charge >= 0.3 is 0 Å². The Bertz CT molecular complexity index is 634. The van der Waals surface area contributed by atoms with Gasteiger partial charge in [-0.25, -0.2) is 0 Å². The summed E-state index contributed by atoms with van der Waals surface area (Å²) in [5, 5.41) is 10.6. The number of carbonyl (C=O) groups is 1. The van der Waals surface area contributed by atoms with E-state index in [1.807, 2.05) is 17.0 Å². The molecule has 1 amide bonds. The van der Waals surface area contributed by atoms with E-state index in [0.717, 1.165) is 43.4 Å². The summed E-state index contributed by atoms with van der Waals surface area (Å²) in [7, 11) is 0. The number of H-pyrrole nitrogens is 1. The zero-order chi connectivity index (χ0) is 15.4. The van der Waals surface area contributed by atoms with Crippen LogP contribution in [0.25, 0.3) is 11.0 Å². The van der Waals surface area contributed by atoms with Gasteiger partial charge in [-0.05, 0) is 43.9 Å². The molecular formula is C16H22N4O2. The normalized spacial score (nSPS) is 18.5. The van der Waals surface area contributed by atoms with E-state index in [1.165, 1.54) is 6.42 Å². The Hall–Kier alpha value is -1.95. The summed E-state index contributed by atoms with van der Waals surface area (Å²) in [5.74, 6) is 0.0425. The third kappa shape index (κ3) is 3.27. The van der Waals surface area contributed by atoms with Crippen molar-refractivity contribution in [3.8, 4) is 0 Å². The number of ether oxygens (including phenoxy) is 1. The number of rotatable bonds is 5. The monoisotopic (exact) mass is 302 g/mol. The lowest BCUT2D eigenvalue weighted by atomic mass is 10.1. The first kappa shape index (κ1) is 15.0. The van der Waals surface area contributed by atoms with Crippen molar-refractivity contribution in [3.05, 3.63) is 23.8 Å². The lowest BCUT2D eigenvalue weighted by Gasteiger charge is -2.30. The van der Waals surface area contributed by atoms with Crippen LogP contribution in [0.15, 0.2) is 18.2 Å². The molecule has 1 aromatic heterocycles. The number of fused-ring (bicyclic) bond motifs is 1. The van der Waals surface area contributed by atoms with E-state index in [-0.39, 0.29) is 12.0 Å². The SMILES string of the molecule is CCCN(C[C@H]1CCCCO1)C(=O)c1ccc2n[nH]nc2c1. The molecule has 1 saturated heterocycles. The standard InChI is InChI=1S/C16H22N4O2/c1-2-8-20(11-13-5-3-4-9-22-13)16(21)12-6-7-14-15(10-12)18-19-17-14/h6-7,10,13H,2-5,8-9,11H2,1H3,(H,17,18,19)/t13-/m1/s1. The first-order chi connectivity index (χ1) is 10.8. The van der Waals surface area contributed by atoms with Gasteiger partial charge in [-0.3, -0.25) is 4.79 Å². The van der Waals surface area contributed by atoms with Crippen LogP contribution in [0.4, 0.5) is 0 Å². The number of benzene rings is 1. The Morgan fingerprint density at radius 3 is 3.00 bits per heavy atom. The first-order valence-electron chi connectivity index (χ1n) is 7.99. The van der Waals surface area contributed by atoms with Crippen molar-refractivity contribution < 1.29 is 9.53 Å². The van der Waals surface area contributed by atoms with Gasteiger partial charge in [0.15, 0.2) is 0 Å². The van der Waals surface area contributed by atoms with Crippen molar-refractivity contribution in [2.75, 3.05) is 19.7 Å². The maximum absolute atomic E-state index is 12.8. The maximum atomic E-state index is 12.8. The van der Waals surface area contributed by atoms with Crippen molar-refractivity contribution in [3.63, 3.8) is 0 Å². The highest BCUT2D eigenvalue weighted by atomic mass is 16.5. The Labute approximate surface area is 129 Å². The minimum atomic E-state index is 0.0425. The van der Waals surface area contributed by atoms with Gasteiger partial charge in [-0.1, -0.05) is 6.92 Å². The van der Waals surface area contributed by atoms with Crippen LogP contribution in [0.1, 0.15) is 43.0 Å². The molecule has 1 N–H and O–H groups in total. The van der Waals surface area contributed by atoms with Crippen molar-refractivity contribution in [2.24, 2.45) is 0 Å². The van der Waals surface area contributed by atoms with Gasteiger partial charge in [0.1, 0.15) is 11.0 Å². The summed E-state index contributed by atoms with van der Waals surface area (Å²) in [6.45, 7) is 4.31. The van der Waals surface area contributed by atoms with Gasteiger partial charge in [0, 0.05) is 25.3 Å². The van der Waals surface area contributed by atoms with Gasteiger partial charge in [0.2, 0.25) is 0 Å². The highest BCUT2D eigenvalue weighted by molar-refractivity contribution is 5.97. The van der Waals surface area contributed by atoms with Crippen molar-refractivity contribution >= 4 is 16.9 Å². The number of aromatic amines is 1. The molecule has 0 bridgehead atoms. The number of hydrogen-bond acceptors (Lipinski definition) is 4. The van der Waals surface area contributed by atoms with Crippen LogP contribution in [-0.2, 0) is 4.74 Å². The molecule has 0 aliphatic carbocycles. The summed E-state index contributed by atoms with van der Waals surface area (Å²) < 4.78 is 5.78. The number of hydrogen-bond donors (Lipinski definition) is 1. The van der Waals surface area contributed by atoms with Gasteiger partial charge in [0.25, 0.3) is 5.91 Å². The molecule has 2 heterocycles. The van der Waals surface area contributed by atoms with Crippen LogP contribution < -0.4 is 0 Å². The van der Waals surface area contributed by atoms with Crippen molar-refractivity contribution in [2.45, 2.75) is 38.7 Å². The lowest BCUT2D eigenvalue weighted by Crippen LogP contribution is -2.40. The third-order valence-corrected chi connectivity index (χ3v) is 4.04. The van der Waals surface area contributed by atoms with E-state index in [1.54, 1.807) is 6.07 Å². The molecule has 118 valence electrons. The Kier molecular flexibility index (Phi) is 4.68. The fourth-order valence-electron chi connectivity index (χ4n) is 2.90. The fraction of sp³-hybridized carbons (Fsp3) is 0.562. The van der Waals surface area contributed by atoms with Gasteiger partial charge in [0.05, 0.1) is 6.10 Å². The molecule has 1 fully saturated rings. The van der Waals surface area contributed by atoms with Crippen molar-refractivity contribution in [1.82, 2.24) is 20.3 Å². The molecular weight excluding hydrogens is 280 g/mol. The Morgan fingerprint density at radius 2 is 2.23 bits per heavy atom. The zero-order valence-electron chi connectivity index (χ0n) is 12.9. The summed E-state index contributed by atoms with van der Waals surface area (Å²) in [5.41, 5.74) is 2.15. The number of carbonyl (C=O) groups excluding carboxylic acids is 1. The minimum absolute atomic E-state index is 0.0425. The second-order valence-electron chi connectivity index (χ2n) is 5.77. The molecule has 0 unspecified atom stereocenters. The molecule has 22 heavy (non-hydrogen) atoms. The predicted molar refractivity (Wildman–Crippen MR) is 83.7 cm³/mol. The van der Waals surface area contributed by atoms with Gasteiger partial charge in [-0.2, -0.15) is 15.4 Å². The summed E-state index contributed by atoms with van der Waals surface area (Å²) in [4.78, 5) is 14.7. The van der Waals surface area contributed by atoms with E-state index in [0.29, 0.717) is 12.1 Å². The number of nitrogens with zero attached hydrogens (tertiary/aromatic N) is 3. The average molecular weight is 302 g/mol. The quantitative estimate of drug-likeness (QED) is 0.920. The molecule has 0 saturated carbocycles. The van der Waals surface area contributed by atoms with Crippen LogP contribution >= 0.6 is 0 Å². The summed E-state index contributed by atoms with van der Waals surface area (Å²) >= 11 is 0. The van der Waals surface area contributed by atoms with Crippen LogP contribution in [0, 0.1) is 0 Å². The first-order valence-corrected chi connectivity index (χ1v) is 7.99. The molecule has 6 nitrogen and oxygen atoms in total. The minimum Gasteiger partial charge on any atom is -0.376 e. The second-order valence-corrected chi connectivity index (χ2v) is 5.77. The van der Waals surface area contributed by atoms with Crippen LogP contribution in [0.3, 0.4) is 0 Å². The number of aromatic nitrogens is 3. The summed E-state index contributed by atoms with van der Waals surface area (Å²) in [6, 6.07) is 5.44. The van der Waals surface area contributed by atoms with Crippen molar-refractivity contribution in [1.29, 1.82) is 0 Å². The molecule has 0 radical (unpaired) electrons. The largest absolute Gasteiger partial charge is 0.376 e. The maximum Gasteiger partial charge on any atom is 0.254 e. The van der Waals surface area contributed by atoms with E-state index in [9.17, 15) is 4.79 Å². The Morgan fingerprint density at radius 1 is 1.36 bits per heavy atom. The molecule has 1 atom stereocenters. The molecule has 6 heteroatoms. The average Bonchev–Trinajstić information content (AvgIpc) is 3.02. The predicted octanol–water partition coefficient (Wildman–Crippen LogP) is 2.38. The molecule has 1 aliphatic heterocycles. The van der Waals surface area contributed by atoms with E-state index in [2.05, 4.69) is 22.3 Å². The number of amides is 1. The molecule has 1 aliphatic rings. The highest BCUT2D eigenvalue weighted by Gasteiger charge is 2.22. The second kappa shape index (κ2) is 6.87. The highest BCUT2D eigenvalue weighted by Crippen LogP contribution is 2.17. The van der Waals surface area contributed by atoms with E-state index >= 15 is 0 Å². The van der Waals surface area contributed by atoms with E-state index in [4.69, 9.17) is 4.74 Å². The van der Waals surface area contributed by atoms with Crippen LogP contribution in [0.5, 0.6) is 0 Å². The molecule has 0 spiro atoms. The smallest absolute Gasteiger partial charge is 0.254 e. The lowest BCUT2D eigenvalue weighted by molar-refractivity contribution is -0.00383. The Balaban J connectivity index is 1.75. The van der Waals surface area contributed by atoms with E-state index < -0.39 is 0 Å². The topological polar surface area (TPSA) is 71.1 Å². The fourth-order valence-corrected chi connectivity index (χ4v) is 2.90. The van der Waals surface area contributed by atoms with Gasteiger partial charge in [-0.15, -0.1) is 0 Å². The zero-order valence-corrected chi connectivity index (χ0v) is 12.9. The third-order valence-electron chi connectivity index (χ3n) is 4.04.